The molecule has 4 bridgehead atoms. The molecule has 1 heterocycles. The molecular formula is C18H26O4. The van der Waals surface area contributed by atoms with Crippen molar-refractivity contribution in [1.29, 1.82) is 0 Å². The van der Waals surface area contributed by atoms with E-state index in [0.717, 1.165) is 18.3 Å². The van der Waals surface area contributed by atoms with E-state index in [9.17, 15) is 9.59 Å². The fourth-order valence-electron chi connectivity index (χ4n) is 6.47. The first-order valence-electron chi connectivity index (χ1n) is 8.81. The number of carbonyl (C=O) groups excluding carboxylic acids is 2. The number of cyclic esters (lactones) is 2. The standard InChI is InChI=1S/C18H26O4/c1-4-18(14-15(19)21-17(2,3)22-16(14)20)12-6-10-5-11(8-12)9-13(18)7-10/h10-14H,4-9H2,1-3H3. The van der Waals surface area contributed by atoms with Crippen molar-refractivity contribution in [2.45, 2.75) is 65.1 Å². The topological polar surface area (TPSA) is 52.6 Å². The average Bonchev–Trinajstić information content (AvgIpc) is 2.39. The summed E-state index contributed by atoms with van der Waals surface area (Å²) in [5.74, 6) is 0.0706. The summed E-state index contributed by atoms with van der Waals surface area (Å²) < 4.78 is 10.9. The summed E-state index contributed by atoms with van der Waals surface area (Å²) in [5.41, 5.74) is -0.224. The van der Waals surface area contributed by atoms with Gasteiger partial charge in [0.25, 0.3) is 5.79 Å². The Balaban J connectivity index is 1.73. The van der Waals surface area contributed by atoms with E-state index in [2.05, 4.69) is 6.92 Å². The van der Waals surface area contributed by atoms with Crippen LogP contribution < -0.4 is 0 Å². The number of hydrogen-bond donors (Lipinski definition) is 0. The van der Waals surface area contributed by atoms with E-state index in [-0.39, 0.29) is 17.4 Å². The molecule has 0 aromatic carbocycles. The second-order valence-electron chi connectivity index (χ2n) is 8.45. The summed E-state index contributed by atoms with van der Waals surface area (Å²) in [6, 6.07) is 0. The van der Waals surface area contributed by atoms with E-state index >= 15 is 0 Å². The number of esters is 2. The zero-order valence-corrected chi connectivity index (χ0v) is 13.8. The number of ether oxygens (including phenoxy) is 2. The third-order valence-electron chi connectivity index (χ3n) is 6.97. The second-order valence-corrected chi connectivity index (χ2v) is 8.45. The van der Waals surface area contributed by atoms with Crippen molar-refractivity contribution in [3.05, 3.63) is 0 Å². The first kappa shape index (κ1) is 14.5. The number of carbonyl (C=O) groups is 2. The SMILES string of the molecule is CCC1(C2C(=O)OC(C)(C)OC2=O)C2CC3CC(C2)CC1C3. The van der Waals surface area contributed by atoms with Crippen molar-refractivity contribution < 1.29 is 19.1 Å². The van der Waals surface area contributed by atoms with Gasteiger partial charge in [-0.25, -0.2) is 0 Å². The Morgan fingerprint density at radius 2 is 1.36 bits per heavy atom. The van der Waals surface area contributed by atoms with Gasteiger partial charge < -0.3 is 9.47 Å². The summed E-state index contributed by atoms with van der Waals surface area (Å²) in [7, 11) is 0. The summed E-state index contributed by atoms with van der Waals surface area (Å²) >= 11 is 0. The van der Waals surface area contributed by atoms with Crippen LogP contribution >= 0.6 is 0 Å². The lowest BCUT2D eigenvalue weighted by atomic mass is 9.41. The molecule has 4 heteroatoms. The Morgan fingerprint density at radius 1 is 0.909 bits per heavy atom. The van der Waals surface area contributed by atoms with Gasteiger partial charge in [-0.15, -0.1) is 0 Å². The second kappa shape index (κ2) is 4.48. The molecule has 1 saturated heterocycles. The quantitative estimate of drug-likeness (QED) is 0.580. The third-order valence-corrected chi connectivity index (χ3v) is 6.97. The summed E-state index contributed by atoms with van der Waals surface area (Å²) in [5, 5.41) is 0. The molecule has 0 unspecified atom stereocenters. The smallest absolute Gasteiger partial charge is 0.324 e. The van der Waals surface area contributed by atoms with Crippen molar-refractivity contribution in [2.24, 2.45) is 35.0 Å². The van der Waals surface area contributed by atoms with Crippen LogP contribution in [0.2, 0.25) is 0 Å². The maximum atomic E-state index is 12.7. The molecule has 5 aliphatic rings. The predicted octanol–water partition coefficient (Wildman–Crippen LogP) is 3.29. The first-order chi connectivity index (χ1) is 10.4. The molecule has 0 radical (unpaired) electrons. The maximum Gasteiger partial charge on any atom is 0.324 e. The highest BCUT2D eigenvalue weighted by atomic mass is 16.7. The van der Waals surface area contributed by atoms with Crippen LogP contribution in [-0.2, 0) is 19.1 Å². The highest BCUT2D eigenvalue weighted by Gasteiger charge is 2.65. The number of hydrogen-bond acceptors (Lipinski definition) is 4. The Labute approximate surface area is 131 Å². The molecule has 0 atom stereocenters. The zero-order chi connectivity index (χ0) is 15.7. The summed E-state index contributed by atoms with van der Waals surface area (Å²) in [4.78, 5) is 25.4. The third kappa shape index (κ3) is 1.82. The molecular weight excluding hydrogens is 280 g/mol. The van der Waals surface area contributed by atoms with E-state index in [1.54, 1.807) is 13.8 Å². The fourth-order valence-corrected chi connectivity index (χ4v) is 6.47. The molecule has 4 nitrogen and oxygen atoms in total. The average molecular weight is 306 g/mol. The van der Waals surface area contributed by atoms with Crippen LogP contribution in [0.4, 0.5) is 0 Å². The lowest BCUT2D eigenvalue weighted by Crippen LogP contribution is -2.62. The van der Waals surface area contributed by atoms with Crippen molar-refractivity contribution in [1.82, 2.24) is 0 Å². The van der Waals surface area contributed by atoms with Gasteiger partial charge in [-0.1, -0.05) is 6.92 Å². The number of rotatable bonds is 2. The zero-order valence-electron chi connectivity index (χ0n) is 13.8. The van der Waals surface area contributed by atoms with Crippen molar-refractivity contribution in [3.8, 4) is 0 Å². The van der Waals surface area contributed by atoms with Gasteiger partial charge >= 0.3 is 11.9 Å². The van der Waals surface area contributed by atoms with Gasteiger partial charge in [0.15, 0.2) is 5.92 Å². The monoisotopic (exact) mass is 306 g/mol. The Hall–Kier alpha value is -1.06. The van der Waals surface area contributed by atoms with E-state index < -0.39 is 11.7 Å². The summed E-state index contributed by atoms with van der Waals surface area (Å²) in [6.07, 6.45) is 6.96. The minimum Gasteiger partial charge on any atom is -0.422 e. The minimum atomic E-state index is -1.12. The fraction of sp³-hybridized carbons (Fsp3) is 0.889. The van der Waals surface area contributed by atoms with Gasteiger partial charge in [0.1, 0.15) is 0 Å². The summed E-state index contributed by atoms with van der Waals surface area (Å²) in [6.45, 7) is 5.41. The van der Waals surface area contributed by atoms with Gasteiger partial charge in [0.05, 0.1) is 0 Å². The van der Waals surface area contributed by atoms with E-state index in [0.29, 0.717) is 11.8 Å². The van der Waals surface area contributed by atoms with E-state index in [1.165, 1.54) is 32.1 Å². The largest absolute Gasteiger partial charge is 0.422 e. The van der Waals surface area contributed by atoms with Gasteiger partial charge in [0, 0.05) is 13.8 Å². The molecule has 122 valence electrons. The molecule has 0 amide bonds. The predicted molar refractivity (Wildman–Crippen MR) is 79.5 cm³/mol. The van der Waals surface area contributed by atoms with Crippen LogP contribution in [0.1, 0.15) is 59.3 Å². The van der Waals surface area contributed by atoms with Crippen LogP contribution in [-0.4, -0.2) is 17.7 Å². The molecule has 5 rings (SSSR count). The Morgan fingerprint density at radius 3 is 1.77 bits per heavy atom. The van der Waals surface area contributed by atoms with Crippen LogP contribution in [0.5, 0.6) is 0 Å². The molecule has 0 N–H and O–H groups in total. The maximum absolute atomic E-state index is 12.7. The molecule has 1 aliphatic heterocycles. The van der Waals surface area contributed by atoms with E-state index in [4.69, 9.17) is 9.47 Å². The lowest BCUT2D eigenvalue weighted by Gasteiger charge is -2.63. The molecule has 4 aliphatic carbocycles. The van der Waals surface area contributed by atoms with Gasteiger partial charge in [-0.05, 0) is 67.6 Å². The normalized spacial score (nSPS) is 46.5. The van der Waals surface area contributed by atoms with Gasteiger partial charge in [0.2, 0.25) is 0 Å². The Bertz CT molecular complexity index is 473. The highest BCUT2D eigenvalue weighted by Crippen LogP contribution is 2.66. The van der Waals surface area contributed by atoms with Crippen molar-refractivity contribution in [3.63, 3.8) is 0 Å². The molecule has 22 heavy (non-hydrogen) atoms. The van der Waals surface area contributed by atoms with Crippen LogP contribution in [0.15, 0.2) is 0 Å². The minimum absolute atomic E-state index is 0.224. The van der Waals surface area contributed by atoms with Crippen LogP contribution in [0.3, 0.4) is 0 Å². The van der Waals surface area contributed by atoms with Crippen molar-refractivity contribution in [2.75, 3.05) is 0 Å². The van der Waals surface area contributed by atoms with Gasteiger partial charge in [-0.2, -0.15) is 0 Å². The molecule has 0 aromatic rings. The molecule has 5 fully saturated rings. The van der Waals surface area contributed by atoms with Crippen LogP contribution in [0.25, 0.3) is 0 Å². The molecule has 0 aromatic heterocycles. The highest BCUT2D eigenvalue weighted by molar-refractivity contribution is 5.97. The lowest BCUT2D eigenvalue weighted by molar-refractivity contribution is -0.258. The van der Waals surface area contributed by atoms with Crippen molar-refractivity contribution >= 4 is 11.9 Å². The van der Waals surface area contributed by atoms with Gasteiger partial charge in [-0.3, -0.25) is 9.59 Å². The van der Waals surface area contributed by atoms with E-state index in [1.807, 2.05) is 0 Å². The molecule has 4 saturated carbocycles. The van der Waals surface area contributed by atoms with Crippen LogP contribution in [0, 0.1) is 35.0 Å². The molecule has 0 spiro atoms. The first-order valence-corrected chi connectivity index (χ1v) is 8.81. The Kier molecular flexibility index (Phi) is 2.96.